The van der Waals surface area contributed by atoms with E-state index >= 15 is 0 Å². The Morgan fingerprint density at radius 1 is 1.05 bits per heavy atom. The van der Waals surface area contributed by atoms with E-state index < -0.39 is 0 Å². The molecule has 0 aromatic carbocycles. The molecule has 2 saturated heterocycles. The van der Waals surface area contributed by atoms with Crippen molar-refractivity contribution in [2.24, 2.45) is 5.92 Å². The van der Waals surface area contributed by atoms with E-state index in [0.29, 0.717) is 19.1 Å². The summed E-state index contributed by atoms with van der Waals surface area (Å²) in [5, 5.41) is 3.27. The molecule has 6 heteroatoms. The lowest BCUT2D eigenvalue weighted by Gasteiger charge is -2.38. The van der Waals surface area contributed by atoms with Crippen LogP contribution < -0.4 is 5.32 Å². The molecule has 1 unspecified atom stereocenters. The fraction of sp³-hybridized carbons (Fsp3) is 0.867. The van der Waals surface area contributed by atoms with Crippen LogP contribution in [0.1, 0.15) is 25.7 Å². The summed E-state index contributed by atoms with van der Waals surface area (Å²) in [6, 6.07) is 0.479. The Morgan fingerprint density at radius 2 is 1.71 bits per heavy atom. The third-order valence-corrected chi connectivity index (χ3v) is 4.64. The highest BCUT2D eigenvalue weighted by Gasteiger charge is 2.32. The molecule has 2 aliphatic rings. The van der Waals surface area contributed by atoms with E-state index in [1.165, 1.54) is 0 Å². The Balaban J connectivity index is 1.84. The monoisotopic (exact) mass is 296 g/mol. The molecule has 0 aromatic heterocycles. The van der Waals surface area contributed by atoms with E-state index in [4.69, 9.17) is 0 Å². The van der Waals surface area contributed by atoms with Gasteiger partial charge >= 0.3 is 6.03 Å². The quantitative estimate of drug-likeness (QED) is 0.811. The lowest BCUT2D eigenvalue weighted by atomic mass is 9.94. The van der Waals surface area contributed by atoms with Gasteiger partial charge in [-0.1, -0.05) is 0 Å². The number of hydrogen-bond acceptors (Lipinski definition) is 3. The van der Waals surface area contributed by atoms with Gasteiger partial charge in [-0.25, -0.2) is 4.79 Å². The minimum atomic E-state index is 0.0501. The Kier molecular flexibility index (Phi) is 5.45. The van der Waals surface area contributed by atoms with Crippen molar-refractivity contribution < 1.29 is 9.59 Å². The number of likely N-dealkylation sites (tertiary alicyclic amines) is 2. The topological polar surface area (TPSA) is 55.9 Å². The van der Waals surface area contributed by atoms with Crippen LogP contribution in [0.3, 0.4) is 0 Å². The number of carbonyl (C=O) groups is 2. The van der Waals surface area contributed by atoms with Crippen LogP contribution in [0.5, 0.6) is 0 Å². The highest BCUT2D eigenvalue weighted by atomic mass is 16.2. The van der Waals surface area contributed by atoms with E-state index in [1.54, 1.807) is 19.0 Å². The fourth-order valence-corrected chi connectivity index (χ4v) is 3.27. The molecule has 2 fully saturated rings. The Labute approximate surface area is 127 Å². The standard InChI is InChI=1S/C15H28N4O2/c1-16-13-5-4-8-19(11-13)14(20)12-6-9-18(10-7-12)15(21)17(2)3/h12-13,16H,4-11H2,1-3H3. The number of rotatable bonds is 2. The number of hydrogen-bond donors (Lipinski definition) is 1. The van der Waals surface area contributed by atoms with E-state index in [-0.39, 0.29) is 17.9 Å². The van der Waals surface area contributed by atoms with Gasteiger partial charge in [0.15, 0.2) is 0 Å². The maximum Gasteiger partial charge on any atom is 0.319 e. The second-order valence-electron chi connectivity index (χ2n) is 6.35. The van der Waals surface area contributed by atoms with Gasteiger partial charge in [0.05, 0.1) is 0 Å². The first-order chi connectivity index (χ1) is 10.0. The molecule has 0 bridgehead atoms. The molecule has 0 radical (unpaired) electrons. The number of carbonyl (C=O) groups excluding carboxylic acids is 2. The zero-order chi connectivity index (χ0) is 15.4. The van der Waals surface area contributed by atoms with E-state index in [1.807, 2.05) is 16.8 Å². The molecule has 0 aliphatic carbocycles. The van der Waals surface area contributed by atoms with Gasteiger partial charge in [-0.05, 0) is 32.7 Å². The van der Waals surface area contributed by atoms with Crippen molar-refractivity contribution in [2.75, 3.05) is 47.3 Å². The van der Waals surface area contributed by atoms with Crippen molar-refractivity contribution in [3.8, 4) is 0 Å². The molecule has 120 valence electrons. The summed E-state index contributed by atoms with van der Waals surface area (Å²) in [5.74, 6) is 0.374. The predicted molar refractivity (Wildman–Crippen MR) is 82.0 cm³/mol. The van der Waals surface area contributed by atoms with E-state index in [9.17, 15) is 9.59 Å². The molecular weight excluding hydrogens is 268 g/mol. The maximum absolute atomic E-state index is 12.6. The Morgan fingerprint density at radius 3 is 2.29 bits per heavy atom. The van der Waals surface area contributed by atoms with Crippen LogP contribution in [0.25, 0.3) is 0 Å². The molecule has 1 N–H and O–H groups in total. The lowest BCUT2D eigenvalue weighted by molar-refractivity contribution is -0.138. The Hall–Kier alpha value is -1.30. The second-order valence-corrected chi connectivity index (χ2v) is 6.35. The first-order valence-electron chi connectivity index (χ1n) is 7.95. The summed E-state index contributed by atoms with van der Waals surface area (Å²) in [7, 11) is 5.50. The van der Waals surface area contributed by atoms with Crippen molar-refractivity contribution in [3.63, 3.8) is 0 Å². The summed E-state index contributed by atoms with van der Waals surface area (Å²) in [6.45, 7) is 3.09. The summed E-state index contributed by atoms with van der Waals surface area (Å²) >= 11 is 0. The first-order valence-corrected chi connectivity index (χ1v) is 7.95. The van der Waals surface area contributed by atoms with Crippen LogP contribution in [0.4, 0.5) is 4.79 Å². The average Bonchev–Trinajstić information content (AvgIpc) is 2.53. The summed E-state index contributed by atoms with van der Waals surface area (Å²) in [6.07, 6.45) is 3.81. The summed E-state index contributed by atoms with van der Waals surface area (Å²) < 4.78 is 0. The fourth-order valence-electron chi connectivity index (χ4n) is 3.27. The number of nitrogens with zero attached hydrogens (tertiary/aromatic N) is 3. The zero-order valence-corrected chi connectivity index (χ0v) is 13.5. The minimum absolute atomic E-state index is 0.0501. The van der Waals surface area contributed by atoms with Gasteiger partial charge in [-0.3, -0.25) is 4.79 Å². The van der Waals surface area contributed by atoms with E-state index in [2.05, 4.69) is 5.32 Å². The van der Waals surface area contributed by atoms with Crippen molar-refractivity contribution >= 4 is 11.9 Å². The molecule has 2 rings (SSSR count). The third-order valence-electron chi connectivity index (χ3n) is 4.64. The normalized spacial score (nSPS) is 24.0. The van der Waals surface area contributed by atoms with Crippen LogP contribution in [0, 0.1) is 5.92 Å². The van der Waals surface area contributed by atoms with Crippen LogP contribution in [-0.2, 0) is 4.79 Å². The molecule has 1 atom stereocenters. The number of likely N-dealkylation sites (N-methyl/N-ethyl adjacent to an activating group) is 1. The van der Waals surface area contributed by atoms with Gasteiger partial charge in [0, 0.05) is 52.2 Å². The SMILES string of the molecule is CNC1CCCN(C(=O)C2CCN(C(=O)N(C)C)CC2)C1. The highest BCUT2D eigenvalue weighted by Crippen LogP contribution is 2.22. The van der Waals surface area contributed by atoms with Gasteiger partial charge in [0.25, 0.3) is 0 Å². The lowest BCUT2D eigenvalue weighted by Crippen LogP contribution is -2.51. The summed E-state index contributed by atoms with van der Waals surface area (Å²) in [5.41, 5.74) is 0. The molecule has 0 spiro atoms. The van der Waals surface area contributed by atoms with Crippen LogP contribution in [0.15, 0.2) is 0 Å². The van der Waals surface area contributed by atoms with Gasteiger partial charge in [-0.2, -0.15) is 0 Å². The molecule has 0 saturated carbocycles. The first kappa shape index (κ1) is 16.1. The average molecular weight is 296 g/mol. The minimum Gasteiger partial charge on any atom is -0.341 e. The molecule has 0 aromatic rings. The van der Waals surface area contributed by atoms with Crippen molar-refractivity contribution in [1.29, 1.82) is 0 Å². The molecule has 6 nitrogen and oxygen atoms in total. The zero-order valence-electron chi connectivity index (χ0n) is 13.5. The molecule has 21 heavy (non-hydrogen) atoms. The highest BCUT2D eigenvalue weighted by molar-refractivity contribution is 5.80. The Bertz CT molecular complexity index is 378. The van der Waals surface area contributed by atoms with Gasteiger partial charge in [-0.15, -0.1) is 0 Å². The number of amides is 3. The van der Waals surface area contributed by atoms with Crippen LogP contribution in [0.2, 0.25) is 0 Å². The second kappa shape index (κ2) is 7.11. The van der Waals surface area contributed by atoms with Crippen LogP contribution >= 0.6 is 0 Å². The summed E-state index contributed by atoms with van der Waals surface area (Å²) in [4.78, 5) is 30.0. The van der Waals surface area contributed by atoms with Gasteiger partial charge in [0.2, 0.25) is 5.91 Å². The molecule has 2 aliphatic heterocycles. The molecule has 2 heterocycles. The predicted octanol–water partition coefficient (Wildman–Crippen LogP) is 0.590. The van der Waals surface area contributed by atoms with E-state index in [0.717, 1.165) is 38.8 Å². The smallest absolute Gasteiger partial charge is 0.319 e. The number of urea groups is 1. The maximum atomic E-state index is 12.6. The number of piperidine rings is 2. The van der Waals surface area contributed by atoms with Crippen LogP contribution in [-0.4, -0.2) is 80.0 Å². The van der Waals surface area contributed by atoms with Crippen molar-refractivity contribution in [3.05, 3.63) is 0 Å². The van der Waals surface area contributed by atoms with Gasteiger partial charge < -0.3 is 20.0 Å². The number of nitrogens with one attached hydrogen (secondary N) is 1. The largest absolute Gasteiger partial charge is 0.341 e. The van der Waals surface area contributed by atoms with Crippen molar-refractivity contribution in [2.45, 2.75) is 31.7 Å². The third kappa shape index (κ3) is 3.87. The van der Waals surface area contributed by atoms with Crippen molar-refractivity contribution in [1.82, 2.24) is 20.0 Å². The van der Waals surface area contributed by atoms with Gasteiger partial charge in [0.1, 0.15) is 0 Å². The molecule has 3 amide bonds. The molecular formula is C15H28N4O2.